The van der Waals surface area contributed by atoms with Gasteiger partial charge >= 0.3 is 0 Å². The number of rotatable bonds is 4. The smallest absolute Gasteiger partial charge is 0.224 e. The van der Waals surface area contributed by atoms with E-state index < -0.39 is 9.84 Å². The van der Waals surface area contributed by atoms with Gasteiger partial charge in [0.1, 0.15) is 0 Å². The molecule has 1 heterocycles. The molecular weight excluding hydrogens is 240 g/mol. The number of carbonyl (C=O) groups excluding carboxylic acids is 1. The van der Waals surface area contributed by atoms with Gasteiger partial charge in [0.15, 0.2) is 9.84 Å². The Hall–Kier alpha value is -0.620. The Morgan fingerprint density at radius 2 is 2.12 bits per heavy atom. The molecule has 2 aliphatic rings. The van der Waals surface area contributed by atoms with Crippen LogP contribution in [0, 0.1) is 0 Å². The summed E-state index contributed by atoms with van der Waals surface area (Å²) in [7, 11) is -2.95. The minimum Gasteiger partial charge on any atom is -0.340 e. The number of nitrogens with zero attached hydrogens (tertiary/aromatic N) is 1. The van der Waals surface area contributed by atoms with Crippen molar-refractivity contribution in [2.24, 2.45) is 0 Å². The average molecular weight is 260 g/mol. The van der Waals surface area contributed by atoms with Crippen molar-refractivity contribution in [2.45, 2.75) is 38.3 Å². The molecule has 6 heteroatoms. The molecule has 1 unspecified atom stereocenters. The molecule has 1 amide bonds. The summed E-state index contributed by atoms with van der Waals surface area (Å²) in [4.78, 5) is 13.9. The molecule has 2 rings (SSSR count). The molecule has 2 fully saturated rings. The number of hydrogen-bond donors (Lipinski definition) is 1. The fraction of sp³-hybridized carbons (Fsp3) is 0.909. The van der Waals surface area contributed by atoms with E-state index in [2.05, 4.69) is 5.32 Å². The third kappa shape index (κ3) is 3.42. The van der Waals surface area contributed by atoms with Crippen LogP contribution in [0.2, 0.25) is 0 Å². The summed E-state index contributed by atoms with van der Waals surface area (Å²) >= 11 is 0. The first-order chi connectivity index (χ1) is 8.02. The highest BCUT2D eigenvalue weighted by molar-refractivity contribution is 7.91. The predicted octanol–water partition coefficient (Wildman–Crippen LogP) is -0.226. The molecule has 5 nitrogen and oxygen atoms in total. The van der Waals surface area contributed by atoms with Crippen molar-refractivity contribution in [1.82, 2.24) is 10.2 Å². The molecule has 98 valence electrons. The van der Waals surface area contributed by atoms with Gasteiger partial charge in [-0.25, -0.2) is 8.42 Å². The number of hydrogen-bond acceptors (Lipinski definition) is 4. The van der Waals surface area contributed by atoms with E-state index in [0.29, 0.717) is 19.0 Å². The molecule has 0 aromatic carbocycles. The highest BCUT2D eigenvalue weighted by Crippen LogP contribution is 2.27. The fourth-order valence-electron chi connectivity index (χ4n) is 2.35. The van der Waals surface area contributed by atoms with Gasteiger partial charge < -0.3 is 10.2 Å². The zero-order valence-electron chi connectivity index (χ0n) is 10.2. The maximum absolute atomic E-state index is 12.0. The van der Waals surface area contributed by atoms with Crippen LogP contribution in [0.5, 0.6) is 0 Å². The molecule has 1 N–H and O–H groups in total. The standard InChI is InChI=1S/C11H20N2O3S/c1-2-13(10-3-4-10)11(14)7-9-8-17(15,16)6-5-12-9/h9-10,12H,2-8H2,1H3. The lowest BCUT2D eigenvalue weighted by molar-refractivity contribution is -0.132. The van der Waals surface area contributed by atoms with Gasteiger partial charge in [-0.1, -0.05) is 0 Å². The third-order valence-corrected chi connectivity index (χ3v) is 5.11. The van der Waals surface area contributed by atoms with Gasteiger partial charge in [0, 0.05) is 31.6 Å². The normalized spacial score (nSPS) is 27.7. The zero-order valence-corrected chi connectivity index (χ0v) is 11.0. The van der Waals surface area contributed by atoms with E-state index in [1.165, 1.54) is 0 Å². The molecule has 0 spiro atoms. The lowest BCUT2D eigenvalue weighted by Crippen LogP contribution is -2.48. The van der Waals surface area contributed by atoms with E-state index in [0.717, 1.165) is 19.4 Å². The SMILES string of the molecule is CCN(C(=O)CC1CS(=O)(=O)CCN1)C1CC1. The molecule has 1 atom stereocenters. The quantitative estimate of drug-likeness (QED) is 0.758. The summed E-state index contributed by atoms with van der Waals surface area (Å²) in [6.45, 7) is 3.17. The Balaban J connectivity index is 1.89. The largest absolute Gasteiger partial charge is 0.340 e. The van der Waals surface area contributed by atoms with Crippen LogP contribution in [-0.2, 0) is 14.6 Å². The van der Waals surface area contributed by atoms with Crippen molar-refractivity contribution in [3.63, 3.8) is 0 Å². The van der Waals surface area contributed by atoms with Crippen LogP contribution in [0.3, 0.4) is 0 Å². The second kappa shape index (κ2) is 4.94. The van der Waals surface area contributed by atoms with Crippen molar-refractivity contribution in [3.05, 3.63) is 0 Å². The van der Waals surface area contributed by atoms with Crippen LogP contribution >= 0.6 is 0 Å². The first-order valence-corrected chi connectivity index (χ1v) is 8.07. The fourth-order valence-corrected chi connectivity index (χ4v) is 3.80. The molecule has 0 aromatic heterocycles. The molecule has 0 bridgehead atoms. The minimum absolute atomic E-state index is 0.0876. The predicted molar refractivity (Wildman–Crippen MR) is 65.5 cm³/mol. The van der Waals surface area contributed by atoms with Crippen LogP contribution in [0.25, 0.3) is 0 Å². The second-order valence-electron chi connectivity index (χ2n) is 4.88. The molecule has 1 saturated carbocycles. The Kier molecular flexibility index (Phi) is 3.73. The average Bonchev–Trinajstić information content (AvgIpc) is 3.01. The van der Waals surface area contributed by atoms with Gasteiger partial charge in [-0.3, -0.25) is 4.79 Å². The van der Waals surface area contributed by atoms with Gasteiger partial charge in [-0.2, -0.15) is 0 Å². The first-order valence-electron chi connectivity index (χ1n) is 6.25. The van der Waals surface area contributed by atoms with Crippen molar-refractivity contribution in [1.29, 1.82) is 0 Å². The Bertz CT molecular complexity index is 390. The maximum Gasteiger partial charge on any atom is 0.224 e. The van der Waals surface area contributed by atoms with Crippen molar-refractivity contribution in [3.8, 4) is 0 Å². The molecule has 17 heavy (non-hydrogen) atoms. The van der Waals surface area contributed by atoms with E-state index in [4.69, 9.17) is 0 Å². The highest BCUT2D eigenvalue weighted by Gasteiger charge is 2.33. The summed E-state index contributed by atoms with van der Waals surface area (Å²) < 4.78 is 22.9. The molecule has 1 aliphatic heterocycles. The molecule has 1 saturated heterocycles. The minimum atomic E-state index is -2.95. The number of carbonyl (C=O) groups is 1. The van der Waals surface area contributed by atoms with E-state index in [9.17, 15) is 13.2 Å². The molecule has 1 aliphatic carbocycles. The second-order valence-corrected chi connectivity index (χ2v) is 7.11. The summed E-state index contributed by atoms with van der Waals surface area (Å²) in [6, 6.07) is 0.210. The Labute approximate surface area is 102 Å². The monoisotopic (exact) mass is 260 g/mol. The molecular formula is C11H20N2O3S. The maximum atomic E-state index is 12.0. The number of sulfone groups is 1. The van der Waals surface area contributed by atoms with Crippen LogP contribution in [0.4, 0.5) is 0 Å². The van der Waals surface area contributed by atoms with Crippen LogP contribution in [0.15, 0.2) is 0 Å². The van der Waals surface area contributed by atoms with Crippen LogP contribution < -0.4 is 5.32 Å². The van der Waals surface area contributed by atoms with Crippen molar-refractivity contribution in [2.75, 3.05) is 24.6 Å². The number of amides is 1. The zero-order chi connectivity index (χ0) is 12.5. The summed E-state index contributed by atoms with van der Waals surface area (Å²) in [5, 5.41) is 3.12. The van der Waals surface area contributed by atoms with Crippen LogP contribution in [-0.4, -0.2) is 55.9 Å². The Morgan fingerprint density at radius 3 is 2.65 bits per heavy atom. The van der Waals surface area contributed by atoms with Gasteiger partial charge in [0.2, 0.25) is 5.91 Å². The summed E-state index contributed by atoms with van der Waals surface area (Å²) in [5.41, 5.74) is 0. The van der Waals surface area contributed by atoms with E-state index >= 15 is 0 Å². The summed E-state index contributed by atoms with van der Waals surface area (Å²) in [5.74, 6) is 0.378. The number of nitrogens with one attached hydrogen (secondary N) is 1. The summed E-state index contributed by atoms with van der Waals surface area (Å²) in [6.07, 6.45) is 2.50. The van der Waals surface area contributed by atoms with Gasteiger partial charge in [-0.05, 0) is 19.8 Å². The first kappa shape index (κ1) is 12.8. The van der Waals surface area contributed by atoms with E-state index in [1.807, 2.05) is 11.8 Å². The molecule has 0 aromatic rings. The van der Waals surface area contributed by atoms with E-state index in [1.54, 1.807) is 0 Å². The van der Waals surface area contributed by atoms with Gasteiger partial charge in [-0.15, -0.1) is 0 Å². The van der Waals surface area contributed by atoms with Gasteiger partial charge in [0.05, 0.1) is 11.5 Å². The lowest BCUT2D eigenvalue weighted by atomic mass is 10.2. The van der Waals surface area contributed by atoms with Gasteiger partial charge in [0.25, 0.3) is 0 Å². The van der Waals surface area contributed by atoms with Crippen LogP contribution in [0.1, 0.15) is 26.2 Å². The van der Waals surface area contributed by atoms with Crippen molar-refractivity contribution >= 4 is 15.7 Å². The third-order valence-electron chi connectivity index (χ3n) is 3.37. The topological polar surface area (TPSA) is 66.5 Å². The highest BCUT2D eigenvalue weighted by atomic mass is 32.2. The Morgan fingerprint density at radius 1 is 1.41 bits per heavy atom. The lowest BCUT2D eigenvalue weighted by Gasteiger charge is -2.27. The van der Waals surface area contributed by atoms with E-state index in [-0.39, 0.29) is 23.5 Å². The van der Waals surface area contributed by atoms with Crippen molar-refractivity contribution < 1.29 is 13.2 Å². The molecule has 0 radical (unpaired) electrons.